The molecule has 2 aromatic rings. The van der Waals surface area contributed by atoms with Crippen LogP contribution in [0.3, 0.4) is 0 Å². The van der Waals surface area contributed by atoms with Gasteiger partial charge in [0.25, 0.3) is 5.91 Å². The molecule has 1 atom stereocenters. The Kier molecular flexibility index (Phi) is 4.05. The lowest BCUT2D eigenvalue weighted by molar-refractivity contribution is 0.0935. The van der Waals surface area contributed by atoms with Crippen molar-refractivity contribution in [1.82, 2.24) is 5.32 Å². The van der Waals surface area contributed by atoms with Gasteiger partial charge in [0.15, 0.2) is 0 Å². The second-order valence-corrected chi connectivity index (χ2v) is 4.31. The molecular formula is C14H14ClNO2. The predicted molar refractivity (Wildman–Crippen MR) is 70.6 cm³/mol. The lowest BCUT2D eigenvalue weighted by Crippen LogP contribution is -2.26. The van der Waals surface area contributed by atoms with E-state index in [-0.39, 0.29) is 11.9 Å². The number of carbonyl (C=O) groups excluding carboxylic acids is 1. The van der Waals surface area contributed by atoms with Crippen molar-refractivity contribution in [3.05, 3.63) is 59.5 Å². The summed E-state index contributed by atoms with van der Waals surface area (Å²) in [4.78, 5) is 12.0. The van der Waals surface area contributed by atoms with Crippen molar-refractivity contribution in [3.8, 4) is 0 Å². The van der Waals surface area contributed by atoms with Crippen LogP contribution >= 0.6 is 11.6 Å². The predicted octanol–water partition coefficient (Wildman–Crippen LogP) is 3.51. The van der Waals surface area contributed by atoms with Crippen molar-refractivity contribution < 1.29 is 9.21 Å². The first-order chi connectivity index (χ1) is 8.70. The molecule has 0 aliphatic heterocycles. The van der Waals surface area contributed by atoms with E-state index in [0.717, 1.165) is 11.3 Å². The van der Waals surface area contributed by atoms with Crippen molar-refractivity contribution in [2.75, 3.05) is 0 Å². The monoisotopic (exact) mass is 263 g/mol. The average Bonchev–Trinajstić information content (AvgIpc) is 2.92. The molecule has 0 aliphatic rings. The highest BCUT2D eigenvalue weighted by atomic mass is 35.5. The maximum absolute atomic E-state index is 12.0. The van der Waals surface area contributed by atoms with Crippen LogP contribution in [0, 0.1) is 0 Å². The van der Waals surface area contributed by atoms with Crippen LogP contribution in [-0.4, -0.2) is 5.91 Å². The molecule has 1 aromatic carbocycles. The molecule has 94 valence electrons. The average molecular weight is 264 g/mol. The first kappa shape index (κ1) is 12.7. The molecule has 0 saturated carbocycles. The molecule has 0 bridgehead atoms. The van der Waals surface area contributed by atoms with Crippen LogP contribution in [0.2, 0.25) is 0 Å². The summed E-state index contributed by atoms with van der Waals surface area (Å²) in [5.41, 5.74) is 1.61. The van der Waals surface area contributed by atoms with Gasteiger partial charge in [-0.25, -0.2) is 0 Å². The number of amides is 1. The van der Waals surface area contributed by atoms with E-state index in [4.69, 9.17) is 16.0 Å². The van der Waals surface area contributed by atoms with E-state index in [1.807, 2.05) is 25.1 Å². The Bertz CT molecular complexity index is 505. The fourth-order valence-corrected chi connectivity index (χ4v) is 1.81. The largest absolute Gasteiger partial charge is 0.467 e. The van der Waals surface area contributed by atoms with Crippen LogP contribution in [0.15, 0.2) is 47.1 Å². The molecule has 0 saturated heterocycles. The van der Waals surface area contributed by atoms with E-state index in [0.29, 0.717) is 11.4 Å². The van der Waals surface area contributed by atoms with Crippen LogP contribution in [0.4, 0.5) is 0 Å². The minimum absolute atomic E-state index is 0.125. The van der Waals surface area contributed by atoms with Crippen molar-refractivity contribution in [3.63, 3.8) is 0 Å². The number of carbonyl (C=O) groups is 1. The van der Waals surface area contributed by atoms with E-state index < -0.39 is 0 Å². The summed E-state index contributed by atoms with van der Waals surface area (Å²) in [6.45, 7) is 1.88. The normalized spacial score (nSPS) is 12.1. The zero-order valence-electron chi connectivity index (χ0n) is 10.0. The number of hydrogen-bond donors (Lipinski definition) is 1. The topological polar surface area (TPSA) is 42.2 Å². The van der Waals surface area contributed by atoms with Gasteiger partial charge in [0, 0.05) is 11.4 Å². The number of rotatable bonds is 4. The highest BCUT2D eigenvalue weighted by Crippen LogP contribution is 2.14. The van der Waals surface area contributed by atoms with Gasteiger partial charge in [-0.2, -0.15) is 0 Å². The number of hydrogen-bond acceptors (Lipinski definition) is 2. The van der Waals surface area contributed by atoms with Crippen LogP contribution in [0.1, 0.15) is 34.6 Å². The molecule has 0 spiro atoms. The lowest BCUT2D eigenvalue weighted by atomic mass is 10.1. The Labute approximate surface area is 111 Å². The van der Waals surface area contributed by atoms with Crippen molar-refractivity contribution in [1.29, 1.82) is 0 Å². The fraction of sp³-hybridized carbons (Fsp3) is 0.214. The second kappa shape index (κ2) is 5.74. The Balaban J connectivity index is 2.03. The van der Waals surface area contributed by atoms with Crippen LogP contribution in [0.25, 0.3) is 0 Å². The second-order valence-electron chi connectivity index (χ2n) is 4.04. The van der Waals surface area contributed by atoms with Crippen molar-refractivity contribution >= 4 is 17.5 Å². The molecule has 2 rings (SSSR count). The first-order valence-electron chi connectivity index (χ1n) is 5.70. The Morgan fingerprint density at radius 2 is 2.06 bits per heavy atom. The number of nitrogens with one attached hydrogen (secondary N) is 1. The van der Waals surface area contributed by atoms with E-state index in [9.17, 15) is 4.79 Å². The third-order valence-electron chi connectivity index (χ3n) is 2.69. The Hall–Kier alpha value is -1.74. The maximum atomic E-state index is 12.0. The van der Waals surface area contributed by atoms with Gasteiger partial charge in [0.05, 0.1) is 12.3 Å². The number of halogens is 1. The van der Waals surface area contributed by atoms with Gasteiger partial charge in [-0.3, -0.25) is 4.79 Å². The lowest BCUT2D eigenvalue weighted by Gasteiger charge is -2.11. The van der Waals surface area contributed by atoms with Crippen molar-refractivity contribution in [2.24, 2.45) is 0 Å². The van der Waals surface area contributed by atoms with Gasteiger partial charge in [-0.1, -0.05) is 12.1 Å². The molecule has 0 unspecified atom stereocenters. The molecule has 1 N–H and O–H groups in total. The van der Waals surface area contributed by atoms with Crippen LogP contribution < -0.4 is 5.32 Å². The number of furan rings is 1. The zero-order valence-corrected chi connectivity index (χ0v) is 10.8. The highest BCUT2D eigenvalue weighted by Gasteiger charge is 2.12. The maximum Gasteiger partial charge on any atom is 0.251 e. The molecule has 3 nitrogen and oxygen atoms in total. The number of benzene rings is 1. The molecule has 1 amide bonds. The number of alkyl halides is 1. The van der Waals surface area contributed by atoms with E-state index in [2.05, 4.69) is 5.32 Å². The van der Waals surface area contributed by atoms with Crippen LogP contribution in [0.5, 0.6) is 0 Å². The molecule has 0 fully saturated rings. The minimum atomic E-state index is -0.153. The molecule has 0 radical (unpaired) electrons. The fourth-order valence-electron chi connectivity index (χ4n) is 1.63. The summed E-state index contributed by atoms with van der Waals surface area (Å²) in [5.74, 6) is 1.06. The van der Waals surface area contributed by atoms with Crippen molar-refractivity contribution in [2.45, 2.75) is 18.8 Å². The van der Waals surface area contributed by atoms with Gasteiger partial charge in [0.1, 0.15) is 5.76 Å². The molecule has 1 aromatic heterocycles. The van der Waals surface area contributed by atoms with Crippen LogP contribution in [-0.2, 0) is 5.88 Å². The highest BCUT2D eigenvalue weighted by molar-refractivity contribution is 6.17. The minimum Gasteiger partial charge on any atom is -0.467 e. The van der Waals surface area contributed by atoms with Gasteiger partial charge < -0.3 is 9.73 Å². The third kappa shape index (κ3) is 2.93. The molecule has 1 heterocycles. The smallest absolute Gasteiger partial charge is 0.251 e. The summed E-state index contributed by atoms with van der Waals surface area (Å²) < 4.78 is 5.24. The van der Waals surface area contributed by atoms with E-state index in [1.165, 1.54) is 0 Å². The summed E-state index contributed by atoms with van der Waals surface area (Å²) in [6, 6.07) is 10.7. The Morgan fingerprint density at radius 3 is 2.61 bits per heavy atom. The summed E-state index contributed by atoms with van der Waals surface area (Å²) >= 11 is 5.70. The SMILES string of the molecule is C[C@H](NC(=O)c1ccc(CCl)cc1)c1ccco1. The zero-order chi connectivity index (χ0) is 13.0. The molecular weight excluding hydrogens is 250 g/mol. The van der Waals surface area contributed by atoms with Gasteiger partial charge >= 0.3 is 0 Å². The molecule has 0 aliphatic carbocycles. The molecule has 4 heteroatoms. The van der Waals surface area contributed by atoms with Gasteiger partial charge in [0.2, 0.25) is 0 Å². The van der Waals surface area contributed by atoms with Gasteiger partial charge in [-0.15, -0.1) is 11.6 Å². The van der Waals surface area contributed by atoms with Gasteiger partial charge in [-0.05, 0) is 36.8 Å². The van der Waals surface area contributed by atoms with E-state index >= 15 is 0 Å². The Morgan fingerprint density at radius 1 is 1.33 bits per heavy atom. The van der Waals surface area contributed by atoms with E-state index in [1.54, 1.807) is 24.5 Å². The summed E-state index contributed by atoms with van der Waals surface area (Å²) in [5, 5.41) is 2.87. The summed E-state index contributed by atoms with van der Waals surface area (Å²) in [6.07, 6.45) is 1.59. The third-order valence-corrected chi connectivity index (χ3v) is 3.00. The molecule has 18 heavy (non-hydrogen) atoms. The first-order valence-corrected chi connectivity index (χ1v) is 6.23. The standard InChI is InChI=1S/C14H14ClNO2/c1-10(13-3-2-8-18-13)16-14(17)12-6-4-11(9-15)5-7-12/h2-8,10H,9H2,1H3,(H,16,17)/t10-/m0/s1. The summed E-state index contributed by atoms with van der Waals surface area (Å²) in [7, 11) is 0. The quantitative estimate of drug-likeness (QED) is 0.858.